The van der Waals surface area contributed by atoms with Crippen molar-refractivity contribution in [1.82, 2.24) is 4.90 Å². The van der Waals surface area contributed by atoms with E-state index < -0.39 is 0 Å². The first kappa shape index (κ1) is 13.2. The summed E-state index contributed by atoms with van der Waals surface area (Å²) in [5.41, 5.74) is 0. The molecule has 4 heteroatoms. The van der Waals surface area contributed by atoms with Crippen LogP contribution in [-0.4, -0.2) is 46.6 Å². The van der Waals surface area contributed by atoms with Crippen molar-refractivity contribution in [2.45, 2.75) is 43.8 Å². The molecule has 0 spiro atoms. The van der Waals surface area contributed by atoms with E-state index in [2.05, 4.69) is 0 Å². The maximum absolute atomic E-state index is 12.3. The molecular weight excluding hydrogens is 234 g/mol. The SMILES string of the molecule is O=C(C1CCCCS1)N1CCCC(CCO)C1. The fourth-order valence-electron chi connectivity index (χ4n) is 2.82. The molecule has 0 aliphatic carbocycles. The van der Waals surface area contributed by atoms with Crippen molar-refractivity contribution in [2.75, 3.05) is 25.4 Å². The topological polar surface area (TPSA) is 40.5 Å². The summed E-state index contributed by atoms with van der Waals surface area (Å²) in [5.74, 6) is 2.02. The number of carbonyl (C=O) groups excluding carboxylic acids is 1. The van der Waals surface area contributed by atoms with Crippen LogP contribution in [0.3, 0.4) is 0 Å². The lowest BCUT2D eigenvalue weighted by atomic mass is 9.95. The Morgan fingerprint density at radius 1 is 1.29 bits per heavy atom. The van der Waals surface area contributed by atoms with Crippen LogP contribution in [0, 0.1) is 5.92 Å². The van der Waals surface area contributed by atoms with Crippen LogP contribution in [0.4, 0.5) is 0 Å². The van der Waals surface area contributed by atoms with Gasteiger partial charge in [0.2, 0.25) is 5.91 Å². The van der Waals surface area contributed by atoms with E-state index in [1.54, 1.807) is 0 Å². The van der Waals surface area contributed by atoms with Crippen molar-refractivity contribution in [2.24, 2.45) is 5.92 Å². The summed E-state index contributed by atoms with van der Waals surface area (Å²) in [4.78, 5) is 14.4. The minimum Gasteiger partial charge on any atom is -0.396 e. The first-order valence-electron chi connectivity index (χ1n) is 6.82. The molecule has 0 aromatic heterocycles. The number of aliphatic hydroxyl groups is 1. The number of hydrogen-bond acceptors (Lipinski definition) is 3. The zero-order valence-corrected chi connectivity index (χ0v) is 11.3. The van der Waals surface area contributed by atoms with Crippen molar-refractivity contribution < 1.29 is 9.90 Å². The second-order valence-electron chi connectivity index (χ2n) is 5.16. The third-order valence-corrected chi connectivity index (χ3v) is 5.19. The number of aliphatic hydroxyl groups excluding tert-OH is 1. The number of nitrogens with zero attached hydrogens (tertiary/aromatic N) is 1. The summed E-state index contributed by atoms with van der Waals surface area (Å²) in [5, 5.41) is 9.20. The molecule has 0 aromatic carbocycles. The zero-order chi connectivity index (χ0) is 12.1. The Hall–Kier alpha value is -0.220. The van der Waals surface area contributed by atoms with Crippen molar-refractivity contribution in [3.63, 3.8) is 0 Å². The lowest BCUT2D eigenvalue weighted by molar-refractivity contribution is -0.132. The average molecular weight is 257 g/mol. The molecule has 17 heavy (non-hydrogen) atoms. The van der Waals surface area contributed by atoms with Gasteiger partial charge in [0.05, 0.1) is 5.25 Å². The Balaban J connectivity index is 1.85. The van der Waals surface area contributed by atoms with Gasteiger partial charge in [-0.25, -0.2) is 0 Å². The van der Waals surface area contributed by atoms with Gasteiger partial charge in [-0.2, -0.15) is 0 Å². The molecule has 0 aromatic rings. The van der Waals surface area contributed by atoms with Gasteiger partial charge in [0.1, 0.15) is 0 Å². The Kier molecular flexibility index (Phi) is 5.16. The van der Waals surface area contributed by atoms with Gasteiger partial charge >= 0.3 is 0 Å². The quantitative estimate of drug-likeness (QED) is 0.839. The number of hydrogen-bond donors (Lipinski definition) is 1. The molecule has 2 aliphatic rings. The predicted molar refractivity (Wildman–Crippen MR) is 71.1 cm³/mol. The van der Waals surface area contributed by atoms with Gasteiger partial charge in [0.15, 0.2) is 0 Å². The first-order valence-corrected chi connectivity index (χ1v) is 7.87. The normalized spacial score (nSPS) is 30.3. The van der Waals surface area contributed by atoms with E-state index in [0.717, 1.165) is 38.1 Å². The number of amides is 1. The molecular formula is C13H23NO2S. The molecule has 0 saturated carbocycles. The third-order valence-electron chi connectivity index (χ3n) is 3.82. The highest BCUT2D eigenvalue weighted by atomic mass is 32.2. The number of piperidine rings is 1. The molecule has 1 N–H and O–H groups in total. The minimum atomic E-state index is 0.219. The fraction of sp³-hybridized carbons (Fsp3) is 0.923. The smallest absolute Gasteiger partial charge is 0.235 e. The largest absolute Gasteiger partial charge is 0.396 e. The molecule has 2 fully saturated rings. The second-order valence-corrected chi connectivity index (χ2v) is 6.47. The molecule has 0 bridgehead atoms. The van der Waals surface area contributed by atoms with Gasteiger partial charge in [0.25, 0.3) is 0 Å². The summed E-state index contributed by atoms with van der Waals surface area (Å²) in [6, 6.07) is 0. The van der Waals surface area contributed by atoms with E-state index in [1.807, 2.05) is 16.7 Å². The van der Waals surface area contributed by atoms with Gasteiger partial charge in [-0.15, -0.1) is 11.8 Å². The van der Waals surface area contributed by atoms with Crippen molar-refractivity contribution >= 4 is 17.7 Å². The fourth-order valence-corrected chi connectivity index (χ4v) is 4.10. The van der Waals surface area contributed by atoms with Crippen LogP contribution >= 0.6 is 11.8 Å². The maximum Gasteiger partial charge on any atom is 0.235 e. The molecule has 2 atom stereocenters. The molecule has 1 amide bonds. The first-order chi connectivity index (χ1) is 8.31. The van der Waals surface area contributed by atoms with Gasteiger partial charge in [-0.3, -0.25) is 4.79 Å². The van der Waals surface area contributed by atoms with Crippen molar-refractivity contribution in [3.05, 3.63) is 0 Å². The number of thioether (sulfide) groups is 1. The molecule has 0 radical (unpaired) electrons. The lowest BCUT2D eigenvalue weighted by Gasteiger charge is -2.35. The van der Waals surface area contributed by atoms with Gasteiger partial charge in [-0.1, -0.05) is 6.42 Å². The number of carbonyl (C=O) groups is 1. The third kappa shape index (κ3) is 3.62. The van der Waals surface area contributed by atoms with E-state index in [1.165, 1.54) is 19.3 Å². The number of rotatable bonds is 3. The van der Waals surface area contributed by atoms with E-state index in [0.29, 0.717) is 11.8 Å². The molecule has 2 heterocycles. The summed E-state index contributed by atoms with van der Waals surface area (Å²) in [7, 11) is 0. The second kappa shape index (κ2) is 6.64. The Morgan fingerprint density at radius 2 is 2.18 bits per heavy atom. The van der Waals surface area contributed by atoms with Crippen LogP contribution in [0.1, 0.15) is 38.5 Å². The molecule has 98 valence electrons. The Labute approximate surface area is 108 Å². The van der Waals surface area contributed by atoms with Crippen LogP contribution < -0.4 is 0 Å². The highest BCUT2D eigenvalue weighted by Gasteiger charge is 2.29. The molecule has 2 unspecified atom stereocenters. The van der Waals surface area contributed by atoms with E-state index in [-0.39, 0.29) is 11.9 Å². The van der Waals surface area contributed by atoms with E-state index in [9.17, 15) is 4.79 Å². The molecule has 2 saturated heterocycles. The standard InChI is InChI=1S/C13H23NO2S/c15-8-6-11-4-3-7-14(10-11)13(16)12-5-1-2-9-17-12/h11-12,15H,1-10H2. The monoisotopic (exact) mass is 257 g/mol. The van der Waals surface area contributed by atoms with E-state index in [4.69, 9.17) is 5.11 Å². The van der Waals surface area contributed by atoms with Crippen LogP contribution in [0.5, 0.6) is 0 Å². The predicted octanol–water partition coefficient (Wildman–Crippen LogP) is 1.89. The summed E-state index contributed by atoms with van der Waals surface area (Å²) >= 11 is 1.84. The highest BCUT2D eigenvalue weighted by molar-refractivity contribution is 8.00. The van der Waals surface area contributed by atoms with Crippen LogP contribution in [0.2, 0.25) is 0 Å². The average Bonchev–Trinajstić information content (AvgIpc) is 2.40. The van der Waals surface area contributed by atoms with E-state index >= 15 is 0 Å². The molecule has 3 nitrogen and oxygen atoms in total. The van der Waals surface area contributed by atoms with Gasteiger partial charge in [0, 0.05) is 19.7 Å². The van der Waals surface area contributed by atoms with Crippen molar-refractivity contribution in [1.29, 1.82) is 0 Å². The van der Waals surface area contributed by atoms with Crippen LogP contribution in [-0.2, 0) is 4.79 Å². The van der Waals surface area contributed by atoms with Crippen LogP contribution in [0.25, 0.3) is 0 Å². The minimum absolute atomic E-state index is 0.219. The molecule has 2 aliphatic heterocycles. The van der Waals surface area contributed by atoms with Crippen LogP contribution in [0.15, 0.2) is 0 Å². The zero-order valence-electron chi connectivity index (χ0n) is 10.4. The Morgan fingerprint density at radius 3 is 2.88 bits per heavy atom. The van der Waals surface area contributed by atoms with Gasteiger partial charge < -0.3 is 10.0 Å². The number of likely N-dealkylation sites (tertiary alicyclic amines) is 1. The highest BCUT2D eigenvalue weighted by Crippen LogP contribution is 2.28. The van der Waals surface area contributed by atoms with Crippen molar-refractivity contribution in [3.8, 4) is 0 Å². The molecule has 2 rings (SSSR count). The Bertz CT molecular complexity index is 252. The summed E-state index contributed by atoms with van der Waals surface area (Å²) < 4.78 is 0. The summed E-state index contributed by atoms with van der Waals surface area (Å²) in [6.45, 7) is 2.05. The lowest BCUT2D eigenvalue weighted by Crippen LogP contribution is -2.44. The summed E-state index contributed by atoms with van der Waals surface area (Å²) in [6.07, 6.45) is 6.65. The maximum atomic E-state index is 12.3. The van der Waals surface area contributed by atoms with Gasteiger partial charge in [-0.05, 0) is 43.8 Å².